The van der Waals surface area contributed by atoms with E-state index in [0.29, 0.717) is 22.2 Å². The highest BCUT2D eigenvalue weighted by Crippen LogP contribution is 2.26. The fraction of sp³-hybridized carbons (Fsp3) is 0.0833. The quantitative estimate of drug-likeness (QED) is 0.298. The molecule has 150 valence electrons. The normalized spacial score (nSPS) is 11.1. The lowest BCUT2D eigenvalue weighted by molar-refractivity contribution is -0.112. The van der Waals surface area contributed by atoms with Crippen molar-refractivity contribution in [2.75, 3.05) is 5.32 Å². The Hall–Kier alpha value is -2.58. The monoisotopic (exact) mass is 498 g/mol. The highest BCUT2D eigenvalue weighted by atomic mass is 79.9. The molecule has 1 N–H and O–H groups in total. The van der Waals surface area contributed by atoms with Gasteiger partial charge in [0.1, 0.15) is 11.6 Å². The molecule has 30 heavy (non-hydrogen) atoms. The van der Waals surface area contributed by atoms with Gasteiger partial charge in [-0.05, 0) is 72.0 Å². The van der Waals surface area contributed by atoms with E-state index in [1.807, 2.05) is 55.5 Å². The first-order valence-electron chi connectivity index (χ1n) is 9.09. The van der Waals surface area contributed by atoms with Crippen LogP contribution in [0.15, 0.2) is 70.7 Å². The minimum absolute atomic E-state index is 0.00659. The Kier molecular flexibility index (Phi) is 7.33. The van der Waals surface area contributed by atoms with Gasteiger partial charge in [0.05, 0.1) is 0 Å². The third-order valence-electron chi connectivity index (χ3n) is 4.63. The number of hydrogen-bond donors (Lipinski definition) is 1. The molecule has 0 unspecified atom stereocenters. The van der Waals surface area contributed by atoms with Crippen molar-refractivity contribution < 1.29 is 4.79 Å². The summed E-state index contributed by atoms with van der Waals surface area (Å²) in [6.45, 7) is 1.81. The largest absolute Gasteiger partial charge is 0.321 e. The maximum absolute atomic E-state index is 12.7. The molecule has 0 fully saturated rings. The van der Waals surface area contributed by atoms with Crippen LogP contribution in [0.1, 0.15) is 22.3 Å². The third kappa shape index (κ3) is 5.31. The summed E-state index contributed by atoms with van der Waals surface area (Å²) < 4.78 is 0.847. The molecule has 0 heterocycles. The van der Waals surface area contributed by atoms with Crippen LogP contribution in [0.5, 0.6) is 0 Å². The van der Waals surface area contributed by atoms with Crippen LogP contribution in [0.4, 0.5) is 5.69 Å². The van der Waals surface area contributed by atoms with Gasteiger partial charge in [0.15, 0.2) is 0 Å². The molecular weight excluding hydrogens is 483 g/mol. The Balaban J connectivity index is 1.94. The molecule has 0 saturated carbocycles. The molecule has 3 nitrogen and oxygen atoms in total. The van der Waals surface area contributed by atoms with Gasteiger partial charge < -0.3 is 5.32 Å². The van der Waals surface area contributed by atoms with Gasteiger partial charge in [-0.1, -0.05) is 69.5 Å². The molecule has 0 atom stereocenters. The zero-order valence-corrected chi connectivity index (χ0v) is 19.1. The minimum atomic E-state index is -0.494. The summed E-state index contributed by atoms with van der Waals surface area (Å²) in [5, 5.41) is 13.6. The number of amides is 1. The molecule has 0 spiro atoms. The molecule has 3 rings (SSSR count). The molecular formula is C24H17BrCl2N2O. The van der Waals surface area contributed by atoms with Gasteiger partial charge in [0.25, 0.3) is 5.91 Å². The number of rotatable bonds is 5. The average molecular weight is 500 g/mol. The molecule has 0 aliphatic heterocycles. The topological polar surface area (TPSA) is 52.9 Å². The summed E-state index contributed by atoms with van der Waals surface area (Å²) in [5.74, 6) is -0.494. The summed E-state index contributed by atoms with van der Waals surface area (Å²) in [6.07, 6.45) is 2.17. The molecule has 3 aromatic carbocycles. The van der Waals surface area contributed by atoms with E-state index in [2.05, 4.69) is 21.2 Å². The van der Waals surface area contributed by atoms with Crippen LogP contribution in [-0.2, 0) is 11.2 Å². The van der Waals surface area contributed by atoms with Crippen LogP contribution in [0.25, 0.3) is 6.08 Å². The van der Waals surface area contributed by atoms with Crippen LogP contribution < -0.4 is 5.32 Å². The molecule has 0 aliphatic carbocycles. The second kappa shape index (κ2) is 9.95. The van der Waals surface area contributed by atoms with Gasteiger partial charge in [-0.25, -0.2) is 0 Å². The van der Waals surface area contributed by atoms with E-state index in [1.165, 1.54) is 0 Å². The maximum atomic E-state index is 12.7. The lowest BCUT2D eigenvalue weighted by atomic mass is 9.98. The highest BCUT2D eigenvalue weighted by molar-refractivity contribution is 9.10. The summed E-state index contributed by atoms with van der Waals surface area (Å²) >= 11 is 15.9. The van der Waals surface area contributed by atoms with E-state index >= 15 is 0 Å². The van der Waals surface area contributed by atoms with Crippen molar-refractivity contribution >= 4 is 56.8 Å². The molecule has 0 aliphatic rings. The van der Waals surface area contributed by atoms with Gasteiger partial charge in [-0.15, -0.1) is 0 Å². The molecule has 1 amide bonds. The SMILES string of the molecule is Cc1c(Cl)cccc1NC(=O)/C(C#N)=C/c1cc(Br)ccc1Cc1ccccc1Cl. The van der Waals surface area contributed by atoms with E-state index in [-0.39, 0.29) is 5.57 Å². The summed E-state index contributed by atoms with van der Waals surface area (Å²) in [4.78, 5) is 12.7. The zero-order chi connectivity index (χ0) is 21.7. The molecule has 0 saturated heterocycles. The first-order valence-corrected chi connectivity index (χ1v) is 10.6. The van der Waals surface area contributed by atoms with Gasteiger partial charge in [0, 0.05) is 20.2 Å². The molecule has 3 aromatic rings. The van der Waals surface area contributed by atoms with E-state index < -0.39 is 5.91 Å². The van der Waals surface area contributed by atoms with Crippen molar-refractivity contribution in [3.63, 3.8) is 0 Å². The van der Waals surface area contributed by atoms with E-state index in [4.69, 9.17) is 23.2 Å². The number of carbonyl (C=O) groups is 1. The fourth-order valence-corrected chi connectivity index (χ4v) is 3.70. The average Bonchev–Trinajstić information content (AvgIpc) is 2.72. The highest BCUT2D eigenvalue weighted by Gasteiger charge is 2.14. The number of anilines is 1. The van der Waals surface area contributed by atoms with Crippen molar-refractivity contribution in [3.05, 3.63) is 103 Å². The van der Waals surface area contributed by atoms with Crippen LogP contribution >= 0.6 is 39.1 Å². The lowest BCUT2D eigenvalue weighted by Crippen LogP contribution is -2.14. The summed E-state index contributed by atoms with van der Waals surface area (Å²) in [5.41, 5.74) is 3.98. The Morgan fingerprint density at radius 2 is 1.80 bits per heavy atom. The predicted molar refractivity (Wildman–Crippen MR) is 127 cm³/mol. The number of hydrogen-bond acceptors (Lipinski definition) is 2. The summed E-state index contributed by atoms with van der Waals surface area (Å²) in [7, 11) is 0. The van der Waals surface area contributed by atoms with Gasteiger partial charge in [-0.3, -0.25) is 4.79 Å². The van der Waals surface area contributed by atoms with E-state index in [0.717, 1.165) is 26.7 Å². The number of nitriles is 1. The van der Waals surface area contributed by atoms with E-state index in [9.17, 15) is 10.1 Å². The zero-order valence-electron chi connectivity index (χ0n) is 16.0. The predicted octanol–water partition coefficient (Wildman–Crippen LogP) is 7.20. The fourth-order valence-electron chi connectivity index (χ4n) is 2.94. The number of benzene rings is 3. The minimum Gasteiger partial charge on any atom is -0.321 e. The second-order valence-corrected chi connectivity index (χ2v) is 8.38. The van der Waals surface area contributed by atoms with Crippen molar-refractivity contribution in [3.8, 4) is 6.07 Å². The van der Waals surface area contributed by atoms with Gasteiger partial charge in [-0.2, -0.15) is 5.26 Å². The first kappa shape index (κ1) is 22.1. The van der Waals surface area contributed by atoms with Crippen molar-refractivity contribution in [1.29, 1.82) is 5.26 Å². The second-order valence-electron chi connectivity index (χ2n) is 6.65. The number of nitrogens with zero attached hydrogens (tertiary/aromatic N) is 1. The van der Waals surface area contributed by atoms with Crippen LogP contribution in [0.2, 0.25) is 10.0 Å². The van der Waals surface area contributed by atoms with Crippen LogP contribution in [-0.4, -0.2) is 5.91 Å². The van der Waals surface area contributed by atoms with Gasteiger partial charge >= 0.3 is 0 Å². The number of nitrogens with one attached hydrogen (secondary N) is 1. The van der Waals surface area contributed by atoms with Crippen LogP contribution in [0, 0.1) is 18.3 Å². The Labute approximate surface area is 194 Å². The van der Waals surface area contributed by atoms with Crippen LogP contribution in [0.3, 0.4) is 0 Å². The smallest absolute Gasteiger partial charge is 0.266 e. The third-order valence-corrected chi connectivity index (χ3v) is 5.90. The number of halogens is 3. The van der Waals surface area contributed by atoms with Crippen molar-refractivity contribution in [2.45, 2.75) is 13.3 Å². The van der Waals surface area contributed by atoms with Crippen molar-refractivity contribution in [1.82, 2.24) is 0 Å². The standard InChI is InChI=1S/C24H17BrCl2N2O/c1-15-21(26)7-4-8-23(15)29-24(30)19(14-28)12-18-13-20(25)10-9-16(18)11-17-5-2-3-6-22(17)27/h2-10,12-13H,11H2,1H3,(H,29,30)/b19-12+. The maximum Gasteiger partial charge on any atom is 0.266 e. The molecule has 0 radical (unpaired) electrons. The Bertz CT molecular complexity index is 1180. The van der Waals surface area contributed by atoms with E-state index in [1.54, 1.807) is 24.3 Å². The van der Waals surface area contributed by atoms with Crippen molar-refractivity contribution in [2.24, 2.45) is 0 Å². The Morgan fingerprint density at radius 1 is 1.07 bits per heavy atom. The van der Waals surface area contributed by atoms with Gasteiger partial charge in [0.2, 0.25) is 0 Å². The number of carbonyl (C=O) groups excluding carboxylic acids is 1. The Morgan fingerprint density at radius 3 is 2.53 bits per heavy atom. The molecule has 0 bridgehead atoms. The summed E-state index contributed by atoms with van der Waals surface area (Å²) in [6, 6.07) is 20.6. The molecule has 6 heteroatoms. The molecule has 0 aromatic heterocycles. The lowest BCUT2D eigenvalue weighted by Gasteiger charge is -2.11. The first-order chi connectivity index (χ1) is 14.4.